The van der Waals surface area contributed by atoms with Crippen molar-refractivity contribution >= 4 is 11.9 Å². The number of hydrogen-bond donors (Lipinski definition) is 3. The van der Waals surface area contributed by atoms with Gasteiger partial charge in [0.25, 0.3) is 0 Å². The summed E-state index contributed by atoms with van der Waals surface area (Å²) in [5.74, 6) is -0.0773. The number of esters is 1. The van der Waals surface area contributed by atoms with E-state index in [1.807, 2.05) is 0 Å². The lowest BCUT2D eigenvalue weighted by atomic mass is 10.0. The molecule has 0 heterocycles. The number of carbonyl (C=O) groups excluding carboxylic acids is 2. The Bertz CT molecular complexity index is 935. The molecule has 0 spiro atoms. The summed E-state index contributed by atoms with van der Waals surface area (Å²) in [7, 11) is 0. The number of rotatable bonds is 49. The van der Waals surface area contributed by atoms with Crippen LogP contribution in [0.1, 0.15) is 284 Å². The lowest BCUT2D eigenvalue weighted by Crippen LogP contribution is -2.45. The van der Waals surface area contributed by atoms with Crippen molar-refractivity contribution < 1.29 is 24.5 Å². The van der Waals surface area contributed by atoms with Crippen LogP contribution in [0.2, 0.25) is 0 Å². The number of hydrogen-bond acceptors (Lipinski definition) is 5. The predicted octanol–water partition coefficient (Wildman–Crippen LogP) is 15.9. The van der Waals surface area contributed by atoms with E-state index in [9.17, 15) is 19.8 Å². The molecular formula is C54H103NO5. The summed E-state index contributed by atoms with van der Waals surface area (Å²) in [5, 5.41) is 23.2. The van der Waals surface area contributed by atoms with E-state index >= 15 is 0 Å². The fourth-order valence-corrected chi connectivity index (χ4v) is 8.16. The molecule has 0 aromatic rings. The molecule has 6 heteroatoms. The first-order valence-corrected chi connectivity index (χ1v) is 26.6. The van der Waals surface area contributed by atoms with Crippen LogP contribution in [0, 0.1) is 0 Å². The number of aliphatic hydroxyl groups excluding tert-OH is 2. The molecule has 0 radical (unpaired) electrons. The van der Waals surface area contributed by atoms with Crippen LogP contribution in [0.25, 0.3) is 0 Å². The minimum atomic E-state index is -0.678. The molecule has 0 saturated carbocycles. The zero-order chi connectivity index (χ0) is 43.7. The molecule has 2 atom stereocenters. The second-order valence-corrected chi connectivity index (χ2v) is 18.2. The van der Waals surface area contributed by atoms with Crippen LogP contribution in [0.3, 0.4) is 0 Å². The van der Waals surface area contributed by atoms with Gasteiger partial charge in [-0.05, 0) is 57.8 Å². The summed E-state index contributed by atoms with van der Waals surface area (Å²) in [4.78, 5) is 24.4. The van der Waals surface area contributed by atoms with E-state index in [2.05, 4.69) is 43.5 Å². The minimum Gasteiger partial charge on any atom is -0.466 e. The normalized spacial score (nSPS) is 12.8. The standard InChI is InChI=1S/C54H103NO5/c1-3-5-7-9-11-13-15-17-18-20-23-26-30-34-38-42-46-52(57)51(50-56)55-53(58)47-43-39-35-31-27-24-21-19-22-25-29-33-37-41-45-49-60-54(59)48-44-40-36-32-28-16-14-12-10-8-6-4-2/h19,22,25,29,51-52,56-57H,3-18,20-21,23-24,26-28,30-50H2,1-2H3,(H,55,58)/b22-19-,29-25-. The SMILES string of the molecule is CCCCCCCCCCCCCCCCCCC(O)C(CO)NC(=O)CCCCCCCC/C=C\C=C/CCCCCOC(=O)CCCCCCCCCCCCCC. The molecule has 0 aliphatic heterocycles. The van der Waals surface area contributed by atoms with Crippen molar-refractivity contribution in [2.24, 2.45) is 0 Å². The zero-order valence-electron chi connectivity index (χ0n) is 40.2. The van der Waals surface area contributed by atoms with Crippen LogP contribution >= 0.6 is 0 Å². The summed E-state index contributed by atoms with van der Waals surface area (Å²) in [6, 6.07) is -0.557. The molecule has 2 unspecified atom stereocenters. The molecule has 3 N–H and O–H groups in total. The van der Waals surface area contributed by atoms with E-state index in [0.29, 0.717) is 25.9 Å². The Hall–Kier alpha value is -1.66. The van der Waals surface area contributed by atoms with Gasteiger partial charge in [0.2, 0.25) is 5.91 Å². The molecule has 0 aromatic carbocycles. The Morgan fingerprint density at radius 1 is 0.467 bits per heavy atom. The summed E-state index contributed by atoms with van der Waals surface area (Å²) >= 11 is 0. The molecule has 1 amide bonds. The Labute approximate surface area is 373 Å². The summed E-state index contributed by atoms with van der Waals surface area (Å²) in [6.07, 6.45) is 58.6. The van der Waals surface area contributed by atoms with Crippen molar-refractivity contribution in [2.75, 3.05) is 13.2 Å². The van der Waals surface area contributed by atoms with Gasteiger partial charge in [-0.2, -0.15) is 0 Å². The van der Waals surface area contributed by atoms with E-state index in [4.69, 9.17) is 4.74 Å². The average molecular weight is 846 g/mol. The predicted molar refractivity (Wildman–Crippen MR) is 260 cm³/mol. The van der Waals surface area contributed by atoms with E-state index in [-0.39, 0.29) is 18.5 Å². The molecule has 0 rings (SSSR count). The van der Waals surface area contributed by atoms with Gasteiger partial charge in [-0.3, -0.25) is 9.59 Å². The van der Waals surface area contributed by atoms with Gasteiger partial charge < -0.3 is 20.3 Å². The number of aliphatic hydroxyl groups is 2. The highest BCUT2D eigenvalue weighted by Gasteiger charge is 2.20. The van der Waals surface area contributed by atoms with Gasteiger partial charge in [-0.1, -0.05) is 237 Å². The van der Waals surface area contributed by atoms with Crippen molar-refractivity contribution in [3.63, 3.8) is 0 Å². The minimum absolute atomic E-state index is 0.0209. The maximum absolute atomic E-state index is 12.5. The van der Waals surface area contributed by atoms with Gasteiger partial charge in [-0.15, -0.1) is 0 Å². The van der Waals surface area contributed by atoms with Crippen molar-refractivity contribution in [1.82, 2.24) is 5.32 Å². The number of ether oxygens (including phenoxy) is 1. The first kappa shape index (κ1) is 58.3. The molecule has 0 aliphatic rings. The maximum atomic E-state index is 12.5. The quantitative estimate of drug-likeness (QED) is 0.0322. The Morgan fingerprint density at radius 2 is 0.817 bits per heavy atom. The van der Waals surface area contributed by atoms with Crippen LogP contribution in [-0.4, -0.2) is 47.4 Å². The third kappa shape index (κ3) is 45.9. The molecule has 0 fully saturated rings. The van der Waals surface area contributed by atoms with Gasteiger partial charge in [0, 0.05) is 12.8 Å². The lowest BCUT2D eigenvalue weighted by molar-refractivity contribution is -0.143. The van der Waals surface area contributed by atoms with E-state index in [1.165, 1.54) is 173 Å². The second-order valence-electron chi connectivity index (χ2n) is 18.2. The summed E-state index contributed by atoms with van der Waals surface area (Å²) < 4.78 is 5.43. The molecular weight excluding hydrogens is 743 g/mol. The number of amides is 1. The van der Waals surface area contributed by atoms with E-state index in [1.54, 1.807) is 0 Å². The molecule has 0 aliphatic carbocycles. The Morgan fingerprint density at radius 3 is 1.23 bits per heavy atom. The van der Waals surface area contributed by atoms with Crippen molar-refractivity contribution in [1.29, 1.82) is 0 Å². The van der Waals surface area contributed by atoms with Crippen LogP contribution in [-0.2, 0) is 14.3 Å². The maximum Gasteiger partial charge on any atom is 0.305 e. The fraction of sp³-hybridized carbons (Fsp3) is 0.889. The molecule has 354 valence electrons. The number of allylic oxidation sites excluding steroid dienone is 4. The van der Waals surface area contributed by atoms with E-state index in [0.717, 1.165) is 77.0 Å². The highest BCUT2D eigenvalue weighted by Crippen LogP contribution is 2.16. The molecule has 0 aromatic heterocycles. The topological polar surface area (TPSA) is 95.9 Å². The van der Waals surface area contributed by atoms with Crippen LogP contribution in [0.5, 0.6) is 0 Å². The molecule has 60 heavy (non-hydrogen) atoms. The van der Waals surface area contributed by atoms with Gasteiger partial charge in [0.15, 0.2) is 0 Å². The fourth-order valence-electron chi connectivity index (χ4n) is 8.16. The van der Waals surface area contributed by atoms with Gasteiger partial charge in [0.1, 0.15) is 0 Å². The molecule has 0 bridgehead atoms. The van der Waals surface area contributed by atoms with Crippen LogP contribution < -0.4 is 5.32 Å². The monoisotopic (exact) mass is 846 g/mol. The van der Waals surface area contributed by atoms with Crippen molar-refractivity contribution in [2.45, 2.75) is 296 Å². The van der Waals surface area contributed by atoms with Crippen molar-refractivity contribution in [3.8, 4) is 0 Å². The number of carbonyl (C=O) groups is 2. The Balaban J connectivity index is 3.52. The molecule has 0 saturated heterocycles. The Kier molecular flexibility index (Phi) is 48.6. The summed E-state index contributed by atoms with van der Waals surface area (Å²) in [6.45, 7) is 4.90. The smallest absolute Gasteiger partial charge is 0.305 e. The van der Waals surface area contributed by atoms with Gasteiger partial charge in [0.05, 0.1) is 25.4 Å². The average Bonchev–Trinajstić information content (AvgIpc) is 3.25. The van der Waals surface area contributed by atoms with Gasteiger partial charge in [-0.25, -0.2) is 0 Å². The second kappa shape index (κ2) is 50.0. The third-order valence-corrected chi connectivity index (χ3v) is 12.3. The number of unbranched alkanes of at least 4 members (excludes halogenated alkanes) is 35. The van der Waals surface area contributed by atoms with Crippen LogP contribution in [0.4, 0.5) is 0 Å². The highest BCUT2D eigenvalue weighted by atomic mass is 16.5. The van der Waals surface area contributed by atoms with E-state index < -0.39 is 12.1 Å². The highest BCUT2D eigenvalue weighted by molar-refractivity contribution is 5.76. The number of nitrogens with one attached hydrogen (secondary N) is 1. The summed E-state index contributed by atoms with van der Waals surface area (Å²) in [5.41, 5.74) is 0. The van der Waals surface area contributed by atoms with Gasteiger partial charge >= 0.3 is 5.97 Å². The molecule has 6 nitrogen and oxygen atoms in total. The first-order valence-electron chi connectivity index (χ1n) is 26.6. The largest absolute Gasteiger partial charge is 0.466 e. The first-order chi connectivity index (χ1) is 29.5. The zero-order valence-corrected chi connectivity index (χ0v) is 40.2. The van der Waals surface area contributed by atoms with Crippen molar-refractivity contribution in [3.05, 3.63) is 24.3 Å². The third-order valence-electron chi connectivity index (χ3n) is 12.3. The lowest BCUT2D eigenvalue weighted by Gasteiger charge is -2.22. The van der Waals surface area contributed by atoms with Crippen LogP contribution in [0.15, 0.2) is 24.3 Å².